The highest BCUT2D eigenvalue weighted by Crippen LogP contribution is 2.34. The molecule has 0 atom stereocenters. The maximum Gasteiger partial charge on any atom is 0.231 e. The summed E-state index contributed by atoms with van der Waals surface area (Å²) in [5, 5.41) is 0. The van der Waals surface area contributed by atoms with Crippen molar-refractivity contribution >= 4 is 11.9 Å². The minimum absolute atomic E-state index is 0.139. The molecule has 0 saturated carbocycles. The lowest BCUT2D eigenvalue weighted by Gasteiger charge is -2.07. The van der Waals surface area contributed by atoms with Gasteiger partial charge in [0.15, 0.2) is 5.76 Å². The molecule has 4 nitrogen and oxygen atoms in total. The van der Waals surface area contributed by atoms with E-state index in [1.807, 2.05) is 42.5 Å². The van der Waals surface area contributed by atoms with Crippen molar-refractivity contribution in [3.8, 4) is 17.2 Å². The molecule has 0 bridgehead atoms. The molecule has 3 aromatic rings. The molecular weight excluding hydrogens is 376 g/mol. The Hall–Kier alpha value is -3.79. The zero-order chi connectivity index (χ0) is 20.9. The van der Waals surface area contributed by atoms with Crippen LogP contribution in [0.25, 0.3) is 6.08 Å². The highest BCUT2D eigenvalue weighted by Gasteiger charge is 2.27. The Morgan fingerprint density at radius 3 is 2.60 bits per heavy atom. The van der Waals surface area contributed by atoms with E-state index in [1.54, 1.807) is 37.5 Å². The van der Waals surface area contributed by atoms with Crippen LogP contribution in [0.3, 0.4) is 0 Å². The van der Waals surface area contributed by atoms with Crippen molar-refractivity contribution in [3.05, 3.63) is 107 Å². The quantitative estimate of drug-likeness (QED) is 0.496. The van der Waals surface area contributed by atoms with Crippen molar-refractivity contribution in [3.63, 3.8) is 0 Å². The summed E-state index contributed by atoms with van der Waals surface area (Å²) < 4.78 is 17.0. The molecule has 0 saturated heterocycles. The zero-order valence-corrected chi connectivity index (χ0v) is 16.9. The summed E-state index contributed by atoms with van der Waals surface area (Å²) in [6.45, 7) is 2.51. The van der Waals surface area contributed by atoms with E-state index >= 15 is 0 Å². The first-order valence-electron chi connectivity index (χ1n) is 9.70. The molecule has 30 heavy (non-hydrogen) atoms. The minimum atomic E-state index is -0.139. The molecule has 0 aliphatic carbocycles. The van der Waals surface area contributed by atoms with Gasteiger partial charge in [-0.05, 0) is 36.8 Å². The number of aryl methyl sites for hydroxylation is 1. The van der Waals surface area contributed by atoms with E-state index in [2.05, 4.69) is 19.1 Å². The number of ether oxygens (including phenoxy) is 3. The van der Waals surface area contributed by atoms with Gasteiger partial charge in [-0.2, -0.15) is 0 Å². The van der Waals surface area contributed by atoms with Gasteiger partial charge in [0.2, 0.25) is 5.78 Å². The topological polar surface area (TPSA) is 44.8 Å². The molecule has 0 unspecified atom stereocenters. The van der Waals surface area contributed by atoms with Crippen LogP contribution < -0.4 is 14.2 Å². The normalized spacial score (nSPS) is 14.1. The molecular formula is C26H22O4. The van der Waals surface area contributed by atoms with Crippen molar-refractivity contribution in [2.45, 2.75) is 13.5 Å². The number of carbonyl (C=O) groups is 1. The number of para-hydroxylation sites is 1. The molecule has 4 rings (SSSR count). The largest absolute Gasteiger partial charge is 0.496 e. The Bertz CT molecular complexity index is 1120. The first kappa shape index (κ1) is 19.5. The van der Waals surface area contributed by atoms with Gasteiger partial charge in [-0.25, -0.2) is 0 Å². The second-order valence-corrected chi connectivity index (χ2v) is 7.00. The van der Waals surface area contributed by atoms with E-state index < -0.39 is 0 Å². The van der Waals surface area contributed by atoms with Gasteiger partial charge in [0.05, 0.1) is 12.7 Å². The summed E-state index contributed by atoms with van der Waals surface area (Å²) in [6, 6.07) is 21.2. The number of ketones is 1. The second-order valence-electron chi connectivity index (χ2n) is 7.00. The fourth-order valence-electron chi connectivity index (χ4n) is 3.17. The van der Waals surface area contributed by atoms with Gasteiger partial charge in [0, 0.05) is 11.6 Å². The number of fused-ring (bicyclic) bond motifs is 1. The van der Waals surface area contributed by atoms with Gasteiger partial charge >= 0.3 is 0 Å². The highest BCUT2D eigenvalue weighted by molar-refractivity contribution is 6.12. The van der Waals surface area contributed by atoms with Gasteiger partial charge in [-0.15, -0.1) is 0 Å². The molecule has 4 heteroatoms. The third-order valence-corrected chi connectivity index (χ3v) is 4.83. The molecule has 1 aliphatic heterocycles. The van der Waals surface area contributed by atoms with Crippen LogP contribution in [0.1, 0.15) is 27.0 Å². The summed E-state index contributed by atoms with van der Waals surface area (Å²) in [6.07, 6.45) is 5.33. The van der Waals surface area contributed by atoms with Crippen LogP contribution in [0.15, 0.2) is 84.6 Å². The third kappa shape index (κ3) is 4.28. The number of carbonyl (C=O) groups excluding carboxylic acids is 1. The third-order valence-electron chi connectivity index (χ3n) is 4.83. The van der Waals surface area contributed by atoms with Crippen molar-refractivity contribution in [2.24, 2.45) is 0 Å². The highest BCUT2D eigenvalue weighted by atomic mass is 16.5. The monoisotopic (exact) mass is 398 g/mol. The van der Waals surface area contributed by atoms with Crippen LogP contribution in [0, 0.1) is 6.92 Å². The standard InChI is InChI=1S/C26H22O4/c1-18-10-12-19(13-11-18)17-29-21-14-15-22-25(16-21)30-24(26(22)27)9-5-7-20-6-3-4-8-23(20)28-2/h3-16H,17H2,1-2H3/b7-5+,24-9+. The van der Waals surface area contributed by atoms with Crippen LogP contribution >= 0.6 is 0 Å². The number of methoxy groups -OCH3 is 1. The average Bonchev–Trinajstić information content (AvgIpc) is 3.08. The lowest BCUT2D eigenvalue weighted by Crippen LogP contribution is -1.97. The fourth-order valence-corrected chi connectivity index (χ4v) is 3.17. The molecule has 0 spiro atoms. The number of hydrogen-bond donors (Lipinski definition) is 0. The molecule has 150 valence electrons. The molecule has 0 radical (unpaired) electrons. The van der Waals surface area contributed by atoms with Gasteiger partial charge in [0.25, 0.3) is 0 Å². The van der Waals surface area contributed by atoms with E-state index in [4.69, 9.17) is 14.2 Å². The summed E-state index contributed by atoms with van der Waals surface area (Å²) in [5.74, 6) is 2.09. The molecule has 0 aromatic heterocycles. The first-order valence-corrected chi connectivity index (χ1v) is 9.70. The Labute approximate surface area is 176 Å². The maximum atomic E-state index is 12.6. The van der Waals surface area contributed by atoms with Gasteiger partial charge in [-0.3, -0.25) is 4.79 Å². The lowest BCUT2D eigenvalue weighted by molar-refractivity contribution is 0.101. The Balaban J connectivity index is 1.45. The summed E-state index contributed by atoms with van der Waals surface area (Å²) >= 11 is 0. The van der Waals surface area contributed by atoms with Crippen LogP contribution in [-0.2, 0) is 6.61 Å². The summed E-state index contributed by atoms with van der Waals surface area (Å²) in [7, 11) is 1.63. The predicted molar refractivity (Wildman–Crippen MR) is 117 cm³/mol. The number of hydrogen-bond acceptors (Lipinski definition) is 4. The van der Waals surface area contributed by atoms with E-state index in [0.29, 0.717) is 23.7 Å². The number of allylic oxidation sites excluding steroid dienone is 3. The molecule has 1 aliphatic rings. The van der Waals surface area contributed by atoms with Crippen molar-refractivity contribution in [1.29, 1.82) is 0 Å². The predicted octanol–water partition coefficient (Wildman–Crippen LogP) is 5.76. The maximum absolute atomic E-state index is 12.6. The molecule has 0 fully saturated rings. The van der Waals surface area contributed by atoms with Crippen molar-refractivity contribution < 1.29 is 19.0 Å². The van der Waals surface area contributed by atoms with Crippen LogP contribution in [0.5, 0.6) is 17.2 Å². The lowest BCUT2D eigenvalue weighted by atomic mass is 10.1. The van der Waals surface area contributed by atoms with Crippen LogP contribution in [0.2, 0.25) is 0 Å². The number of benzene rings is 3. The van der Waals surface area contributed by atoms with E-state index in [0.717, 1.165) is 16.9 Å². The van der Waals surface area contributed by atoms with E-state index in [1.165, 1.54) is 5.56 Å². The molecule has 0 amide bonds. The molecule has 0 N–H and O–H groups in total. The van der Waals surface area contributed by atoms with Crippen molar-refractivity contribution in [1.82, 2.24) is 0 Å². The average molecular weight is 398 g/mol. The van der Waals surface area contributed by atoms with Gasteiger partial charge in [-0.1, -0.05) is 60.2 Å². The number of Topliss-reactive ketones (excluding diaryl/α,β-unsaturated/α-hetero) is 1. The zero-order valence-electron chi connectivity index (χ0n) is 16.9. The summed E-state index contributed by atoms with van der Waals surface area (Å²) in [4.78, 5) is 12.6. The summed E-state index contributed by atoms with van der Waals surface area (Å²) in [5.41, 5.74) is 3.75. The first-order chi connectivity index (χ1) is 14.6. The number of rotatable bonds is 6. The molecule has 1 heterocycles. The van der Waals surface area contributed by atoms with E-state index in [9.17, 15) is 4.79 Å². The Morgan fingerprint density at radius 2 is 1.80 bits per heavy atom. The van der Waals surface area contributed by atoms with Gasteiger partial charge in [0.1, 0.15) is 23.9 Å². The smallest absolute Gasteiger partial charge is 0.231 e. The molecule has 3 aromatic carbocycles. The van der Waals surface area contributed by atoms with E-state index in [-0.39, 0.29) is 11.5 Å². The Morgan fingerprint density at radius 1 is 1.00 bits per heavy atom. The van der Waals surface area contributed by atoms with Crippen LogP contribution in [0.4, 0.5) is 0 Å². The Kier molecular flexibility index (Phi) is 5.66. The SMILES string of the molecule is COc1ccccc1/C=C/C=C1/Oc2cc(OCc3ccc(C)cc3)ccc2C1=O. The van der Waals surface area contributed by atoms with Gasteiger partial charge < -0.3 is 14.2 Å². The minimum Gasteiger partial charge on any atom is -0.496 e. The second kappa shape index (κ2) is 8.70. The van der Waals surface area contributed by atoms with Crippen LogP contribution in [-0.4, -0.2) is 12.9 Å². The van der Waals surface area contributed by atoms with Crippen molar-refractivity contribution in [2.75, 3.05) is 7.11 Å². The fraction of sp³-hybridized carbons (Fsp3) is 0.115.